The van der Waals surface area contributed by atoms with Gasteiger partial charge in [-0.25, -0.2) is 9.78 Å². The van der Waals surface area contributed by atoms with Crippen molar-refractivity contribution in [3.05, 3.63) is 48.5 Å². The molecular formula is C27H34N2O3. The highest BCUT2D eigenvalue weighted by Crippen LogP contribution is 2.37. The summed E-state index contributed by atoms with van der Waals surface area (Å²) >= 11 is 0. The number of nitrogens with zero attached hydrogens (tertiary/aromatic N) is 2. The van der Waals surface area contributed by atoms with E-state index >= 15 is 0 Å². The lowest BCUT2D eigenvalue weighted by Crippen LogP contribution is -2.37. The number of para-hydroxylation sites is 2. The van der Waals surface area contributed by atoms with Crippen molar-refractivity contribution in [1.29, 1.82) is 0 Å². The monoisotopic (exact) mass is 434 g/mol. The number of aromatic nitrogens is 2. The molecule has 0 unspecified atom stereocenters. The van der Waals surface area contributed by atoms with E-state index in [-0.39, 0.29) is 12.1 Å². The Labute approximate surface area is 190 Å². The Morgan fingerprint density at radius 3 is 2.47 bits per heavy atom. The number of esters is 1. The molecule has 2 aromatic carbocycles. The van der Waals surface area contributed by atoms with Gasteiger partial charge in [0.05, 0.1) is 18.1 Å². The quantitative estimate of drug-likeness (QED) is 0.429. The lowest BCUT2D eigenvalue weighted by molar-refractivity contribution is -0.159. The van der Waals surface area contributed by atoms with Crippen molar-refractivity contribution in [2.45, 2.75) is 59.1 Å². The van der Waals surface area contributed by atoms with E-state index < -0.39 is 6.04 Å². The van der Waals surface area contributed by atoms with Crippen LogP contribution in [0.5, 0.6) is 5.75 Å². The number of imidazole rings is 1. The predicted octanol–water partition coefficient (Wildman–Crippen LogP) is 6.28. The van der Waals surface area contributed by atoms with Gasteiger partial charge in [-0.1, -0.05) is 39.3 Å². The van der Waals surface area contributed by atoms with E-state index in [4.69, 9.17) is 14.5 Å². The molecule has 4 atom stereocenters. The molecule has 0 saturated heterocycles. The van der Waals surface area contributed by atoms with Crippen LogP contribution in [0, 0.1) is 17.8 Å². The van der Waals surface area contributed by atoms with Crippen molar-refractivity contribution < 1.29 is 14.3 Å². The molecule has 32 heavy (non-hydrogen) atoms. The van der Waals surface area contributed by atoms with E-state index in [1.165, 1.54) is 6.42 Å². The first-order chi connectivity index (χ1) is 15.4. The van der Waals surface area contributed by atoms with Crippen molar-refractivity contribution in [3.63, 3.8) is 0 Å². The van der Waals surface area contributed by atoms with Gasteiger partial charge in [0.2, 0.25) is 0 Å². The van der Waals surface area contributed by atoms with Gasteiger partial charge in [-0.2, -0.15) is 0 Å². The summed E-state index contributed by atoms with van der Waals surface area (Å²) in [6.07, 6.45) is 3.25. The Hall–Kier alpha value is -2.82. The maximum absolute atomic E-state index is 13.4. The highest BCUT2D eigenvalue weighted by molar-refractivity contribution is 5.85. The molecule has 1 heterocycles. The van der Waals surface area contributed by atoms with Crippen LogP contribution in [-0.4, -0.2) is 28.7 Å². The van der Waals surface area contributed by atoms with Gasteiger partial charge >= 0.3 is 5.97 Å². The van der Waals surface area contributed by atoms with Crippen molar-refractivity contribution in [2.75, 3.05) is 7.11 Å². The summed E-state index contributed by atoms with van der Waals surface area (Å²) in [5, 5.41) is 0. The van der Waals surface area contributed by atoms with E-state index in [0.717, 1.165) is 41.0 Å². The Kier molecular flexibility index (Phi) is 6.54. The third-order valence-electron chi connectivity index (χ3n) is 6.90. The fourth-order valence-electron chi connectivity index (χ4n) is 4.98. The Bertz CT molecular complexity index is 1070. The highest BCUT2D eigenvalue weighted by atomic mass is 16.5. The minimum atomic E-state index is -0.482. The first-order valence-corrected chi connectivity index (χ1v) is 11.7. The van der Waals surface area contributed by atoms with Gasteiger partial charge in [-0.15, -0.1) is 0 Å². The number of hydrogen-bond donors (Lipinski definition) is 0. The average Bonchev–Trinajstić information content (AvgIpc) is 3.18. The van der Waals surface area contributed by atoms with Crippen LogP contribution in [0.25, 0.3) is 22.4 Å². The molecule has 0 aliphatic heterocycles. The predicted molar refractivity (Wildman–Crippen MR) is 128 cm³/mol. The molecule has 1 saturated carbocycles. The molecule has 1 aromatic heterocycles. The molecule has 5 nitrogen and oxygen atoms in total. The number of methoxy groups -OCH3 is 1. The molecule has 0 bridgehead atoms. The van der Waals surface area contributed by atoms with Crippen LogP contribution < -0.4 is 4.74 Å². The van der Waals surface area contributed by atoms with Crippen molar-refractivity contribution in [2.24, 2.45) is 17.8 Å². The molecule has 170 valence electrons. The largest absolute Gasteiger partial charge is 0.497 e. The minimum absolute atomic E-state index is 0.0204. The smallest absolute Gasteiger partial charge is 0.329 e. The number of hydrogen-bond acceptors (Lipinski definition) is 4. The Balaban J connectivity index is 1.67. The summed E-state index contributed by atoms with van der Waals surface area (Å²) in [4.78, 5) is 18.3. The van der Waals surface area contributed by atoms with Gasteiger partial charge in [-0.05, 0) is 73.9 Å². The van der Waals surface area contributed by atoms with Crippen LogP contribution in [0.15, 0.2) is 48.5 Å². The summed E-state index contributed by atoms with van der Waals surface area (Å²) in [7, 11) is 1.65. The van der Waals surface area contributed by atoms with Gasteiger partial charge in [0, 0.05) is 5.56 Å². The van der Waals surface area contributed by atoms with Crippen molar-refractivity contribution in [1.82, 2.24) is 9.55 Å². The van der Waals surface area contributed by atoms with E-state index in [1.54, 1.807) is 7.11 Å². The molecule has 1 aliphatic carbocycles. The second-order valence-corrected chi connectivity index (χ2v) is 9.50. The van der Waals surface area contributed by atoms with Gasteiger partial charge in [-0.3, -0.25) is 0 Å². The zero-order valence-corrected chi connectivity index (χ0v) is 19.7. The zero-order chi connectivity index (χ0) is 22.8. The average molecular weight is 435 g/mol. The van der Waals surface area contributed by atoms with Crippen LogP contribution in [-0.2, 0) is 9.53 Å². The number of ether oxygens (including phenoxy) is 2. The van der Waals surface area contributed by atoms with Crippen LogP contribution in [0.1, 0.15) is 53.0 Å². The SMILES string of the molecule is COc1ccc(-c2nc3ccccc3n2[C@H](C)C(=O)O[C@@H]2C[C@H](C)CC[C@H]2C(C)C)cc1. The minimum Gasteiger partial charge on any atom is -0.497 e. The molecule has 3 aromatic rings. The number of rotatable bonds is 6. The molecular weight excluding hydrogens is 400 g/mol. The van der Waals surface area contributed by atoms with Gasteiger partial charge in [0.1, 0.15) is 23.7 Å². The Morgan fingerprint density at radius 2 is 1.78 bits per heavy atom. The highest BCUT2D eigenvalue weighted by Gasteiger charge is 2.35. The summed E-state index contributed by atoms with van der Waals surface area (Å²) in [6.45, 7) is 8.64. The standard InChI is InChI=1S/C27H34N2O3/c1-17(2)22-15-10-18(3)16-25(22)32-27(30)19(4)29-24-9-7-6-8-23(24)28-26(29)20-11-13-21(31-5)14-12-20/h6-9,11-14,17-19,22,25H,10,15-16H2,1-5H3/t18-,19-,22+,25-/m1/s1. The molecule has 0 amide bonds. The van der Waals surface area contributed by atoms with Gasteiger partial charge in [0.15, 0.2) is 0 Å². The molecule has 0 spiro atoms. The van der Waals surface area contributed by atoms with Crippen LogP contribution in [0.4, 0.5) is 0 Å². The normalized spacial score (nSPS) is 22.1. The first kappa shape index (κ1) is 22.4. The topological polar surface area (TPSA) is 53.4 Å². The lowest BCUT2D eigenvalue weighted by atomic mass is 9.75. The maximum atomic E-state index is 13.4. The third-order valence-corrected chi connectivity index (χ3v) is 6.90. The maximum Gasteiger partial charge on any atom is 0.329 e. The van der Waals surface area contributed by atoms with Gasteiger partial charge in [0.25, 0.3) is 0 Å². The molecule has 1 fully saturated rings. The van der Waals surface area contributed by atoms with E-state index in [1.807, 2.05) is 60.0 Å². The van der Waals surface area contributed by atoms with Gasteiger partial charge < -0.3 is 14.0 Å². The summed E-state index contributed by atoms with van der Waals surface area (Å²) in [6, 6.07) is 15.2. The molecule has 4 rings (SSSR count). The molecule has 0 radical (unpaired) electrons. The second kappa shape index (κ2) is 9.35. The summed E-state index contributed by atoms with van der Waals surface area (Å²) in [5.74, 6) is 2.86. The van der Waals surface area contributed by atoms with E-state index in [0.29, 0.717) is 17.8 Å². The molecule has 5 heteroatoms. The summed E-state index contributed by atoms with van der Waals surface area (Å²) in [5.41, 5.74) is 2.73. The third kappa shape index (κ3) is 4.38. The second-order valence-electron chi connectivity index (χ2n) is 9.50. The number of carbonyl (C=O) groups is 1. The van der Waals surface area contributed by atoms with E-state index in [2.05, 4.69) is 20.8 Å². The van der Waals surface area contributed by atoms with Crippen molar-refractivity contribution in [3.8, 4) is 17.1 Å². The van der Waals surface area contributed by atoms with E-state index in [9.17, 15) is 4.79 Å². The number of benzene rings is 2. The fourth-order valence-corrected chi connectivity index (χ4v) is 4.98. The Morgan fingerprint density at radius 1 is 1.06 bits per heavy atom. The van der Waals surface area contributed by atoms with Crippen LogP contribution in [0.3, 0.4) is 0 Å². The molecule has 1 aliphatic rings. The number of fused-ring (bicyclic) bond motifs is 1. The lowest BCUT2D eigenvalue weighted by Gasteiger charge is -2.37. The molecule has 0 N–H and O–H groups in total. The van der Waals surface area contributed by atoms with Crippen molar-refractivity contribution >= 4 is 17.0 Å². The fraction of sp³-hybridized carbons (Fsp3) is 0.481. The van der Waals surface area contributed by atoms with Crippen LogP contribution >= 0.6 is 0 Å². The first-order valence-electron chi connectivity index (χ1n) is 11.7. The zero-order valence-electron chi connectivity index (χ0n) is 19.7. The number of carbonyl (C=O) groups excluding carboxylic acids is 1. The summed E-state index contributed by atoms with van der Waals surface area (Å²) < 4.78 is 13.5. The van der Waals surface area contributed by atoms with Crippen LogP contribution in [0.2, 0.25) is 0 Å².